The molecule has 0 aliphatic carbocycles. The zero-order valence-corrected chi connectivity index (χ0v) is 32.6. The van der Waals surface area contributed by atoms with Crippen LogP contribution in [0.2, 0.25) is 0 Å². The van der Waals surface area contributed by atoms with Gasteiger partial charge in [-0.15, -0.1) is 11.3 Å². The summed E-state index contributed by atoms with van der Waals surface area (Å²) in [6, 6.07) is 72.9. The van der Waals surface area contributed by atoms with Crippen molar-refractivity contribution in [2.75, 3.05) is 0 Å². The molecule has 266 valence electrons. The summed E-state index contributed by atoms with van der Waals surface area (Å²) in [5.74, 6) is 0.719. The molecule has 12 rings (SSSR count). The van der Waals surface area contributed by atoms with E-state index < -0.39 is 8.07 Å². The van der Waals surface area contributed by atoms with Crippen LogP contribution >= 0.6 is 11.3 Å². The van der Waals surface area contributed by atoms with Crippen molar-refractivity contribution < 1.29 is 0 Å². The van der Waals surface area contributed by atoms with Gasteiger partial charge in [0.25, 0.3) is 0 Å². The second-order valence-electron chi connectivity index (χ2n) is 14.8. The second-order valence-corrected chi connectivity index (χ2v) is 19.6. The predicted molar refractivity (Wildman–Crippen MR) is 243 cm³/mol. The van der Waals surface area contributed by atoms with Gasteiger partial charge in [0.05, 0.1) is 28.1 Å². The standard InChI is InChI=1S/C52H33N3SSi/c1-4-18-34(19-5-1)49-51-50(40-27-13-17-31-46(40)57(51,35-20-6-2-7-21-35)36-22-8-3-9-23-36)54-52(53-49)38-25-11-15-29-42(38)55-41-28-14-10-24-37(41)47-43(55)32-33-45-48(47)39-26-12-16-30-44(39)56-45/h1-33H. The fourth-order valence-corrected chi connectivity index (χ4v) is 16.0. The third-order valence-electron chi connectivity index (χ3n) is 11.9. The first-order valence-corrected chi connectivity index (χ1v) is 22.2. The van der Waals surface area contributed by atoms with Crippen molar-refractivity contribution in [2.24, 2.45) is 0 Å². The highest BCUT2D eigenvalue weighted by atomic mass is 32.1. The molecule has 0 bridgehead atoms. The highest BCUT2D eigenvalue weighted by Gasteiger charge is 2.51. The average Bonchev–Trinajstić information content (AvgIpc) is 3.93. The van der Waals surface area contributed by atoms with Crippen molar-refractivity contribution in [3.63, 3.8) is 0 Å². The number of hydrogen-bond donors (Lipinski definition) is 0. The molecule has 0 radical (unpaired) electrons. The normalized spacial score (nSPS) is 13.1. The van der Waals surface area contributed by atoms with Crippen molar-refractivity contribution in [1.29, 1.82) is 0 Å². The molecule has 57 heavy (non-hydrogen) atoms. The summed E-state index contributed by atoms with van der Waals surface area (Å²) < 4.78 is 5.05. The molecule has 11 aromatic rings. The number of rotatable bonds is 5. The number of para-hydroxylation sites is 2. The van der Waals surface area contributed by atoms with Gasteiger partial charge in [-0.25, -0.2) is 9.97 Å². The van der Waals surface area contributed by atoms with Gasteiger partial charge in [0.1, 0.15) is 0 Å². The summed E-state index contributed by atoms with van der Waals surface area (Å²) in [6.07, 6.45) is 0. The number of hydrogen-bond acceptors (Lipinski definition) is 3. The van der Waals surface area contributed by atoms with E-state index in [4.69, 9.17) is 9.97 Å². The summed E-state index contributed by atoms with van der Waals surface area (Å²) in [6.45, 7) is 0. The predicted octanol–water partition coefficient (Wildman–Crippen LogP) is 10.6. The van der Waals surface area contributed by atoms with Crippen LogP contribution in [-0.4, -0.2) is 22.6 Å². The van der Waals surface area contributed by atoms with Crippen LogP contribution in [0, 0.1) is 0 Å². The fraction of sp³-hybridized carbons (Fsp3) is 0. The van der Waals surface area contributed by atoms with E-state index in [1.54, 1.807) is 0 Å². The van der Waals surface area contributed by atoms with Gasteiger partial charge in [0.15, 0.2) is 13.9 Å². The molecule has 3 aromatic heterocycles. The molecule has 0 amide bonds. The lowest BCUT2D eigenvalue weighted by atomic mass is 10.1. The van der Waals surface area contributed by atoms with Crippen LogP contribution in [0.4, 0.5) is 0 Å². The molecular weight excluding hydrogens is 727 g/mol. The first-order valence-electron chi connectivity index (χ1n) is 19.4. The van der Waals surface area contributed by atoms with Crippen molar-refractivity contribution in [2.45, 2.75) is 0 Å². The lowest BCUT2D eigenvalue weighted by molar-refractivity contribution is 1.14. The van der Waals surface area contributed by atoms with E-state index in [0.717, 1.165) is 39.5 Å². The van der Waals surface area contributed by atoms with Gasteiger partial charge >= 0.3 is 0 Å². The summed E-state index contributed by atoms with van der Waals surface area (Å²) in [4.78, 5) is 11.5. The second kappa shape index (κ2) is 12.5. The smallest absolute Gasteiger partial charge is 0.185 e. The van der Waals surface area contributed by atoms with Crippen molar-refractivity contribution in [1.82, 2.24) is 14.5 Å². The highest BCUT2D eigenvalue weighted by Crippen LogP contribution is 2.44. The number of aromatic nitrogens is 3. The Labute approximate surface area is 334 Å². The lowest BCUT2D eigenvalue weighted by Crippen LogP contribution is -2.73. The molecule has 0 saturated heterocycles. The zero-order chi connectivity index (χ0) is 37.5. The Morgan fingerprint density at radius 2 is 1.02 bits per heavy atom. The van der Waals surface area contributed by atoms with Gasteiger partial charge < -0.3 is 4.57 Å². The van der Waals surface area contributed by atoms with E-state index in [1.807, 2.05) is 11.3 Å². The van der Waals surface area contributed by atoms with Gasteiger partial charge in [-0.3, -0.25) is 0 Å². The Kier molecular flexibility index (Phi) is 7.12. The molecule has 0 unspecified atom stereocenters. The van der Waals surface area contributed by atoms with Crippen molar-refractivity contribution in [3.8, 4) is 39.6 Å². The van der Waals surface area contributed by atoms with Crippen LogP contribution in [0.3, 0.4) is 0 Å². The molecule has 0 spiro atoms. The Balaban J connectivity index is 1.19. The Bertz CT molecular complexity index is 3310. The molecule has 8 aromatic carbocycles. The molecule has 0 atom stereocenters. The fourth-order valence-electron chi connectivity index (χ4n) is 9.62. The van der Waals surface area contributed by atoms with E-state index in [-0.39, 0.29) is 0 Å². The van der Waals surface area contributed by atoms with Gasteiger partial charge in [-0.1, -0.05) is 164 Å². The molecule has 4 heterocycles. The molecule has 0 N–H and O–H groups in total. The minimum absolute atomic E-state index is 0.719. The Hall–Kier alpha value is -6.92. The third-order valence-corrected chi connectivity index (χ3v) is 17.9. The molecule has 0 saturated carbocycles. The molecule has 5 heteroatoms. The van der Waals surface area contributed by atoms with Crippen molar-refractivity contribution >= 4 is 82.1 Å². The maximum absolute atomic E-state index is 5.74. The monoisotopic (exact) mass is 759 g/mol. The maximum Gasteiger partial charge on any atom is 0.185 e. The lowest BCUT2D eigenvalue weighted by Gasteiger charge is -2.32. The molecule has 1 aliphatic rings. The first-order chi connectivity index (χ1) is 28.3. The van der Waals surface area contributed by atoms with Crippen LogP contribution in [0.25, 0.3) is 81.6 Å². The zero-order valence-electron chi connectivity index (χ0n) is 30.8. The van der Waals surface area contributed by atoms with Crippen LogP contribution in [0.15, 0.2) is 200 Å². The van der Waals surface area contributed by atoms with Gasteiger partial charge in [0.2, 0.25) is 0 Å². The quantitative estimate of drug-likeness (QED) is 0.164. The molecule has 1 aliphatic heterocycles. The minimum atomic E-state index is -2.89. The van der Waals surface area contributed by atoms with Gasteiger partial charge in [-0.2, -0.15) is 0 Å². The van der Waals surface area contributed by atoms with Crippen LogP contribution < -0.4 is 20.7 Å². The molecular formula is C52H33N3SSi. The Morgan fingerprint density at radius 1 is 0.421 bits per heavy atom. The van der Waals surface area contributed by atoms with E-state index in [2.05, 4.69) is 205 Å². The number of fused-ring (bicyclic) bond motifs is 10. The third kappa shape index (κ3) is 4.58. The molecule has 3 nitrogen and oxygen atoms in total. The topological polar surface area (TPSA) is 30.7 Å². The Morgan fingerprint density at radius 3 is 1.79 bits per heavy atom. The highest BCUT2D eigenvalue weighted by molar-refractivity contribution is 7.26. The number of benzene rings is 8. The van der Waals surface area contributed by atoms with E-state index in [1.165, 1.54) is 62.8 Å². The van der Waals surface area contributed by atoms with Crippen molar-refractivity contribution in [3.05, 3.63) is 200 Å². The summed E-state index contributed by atoms with van der Waals surface area (Å²) in [7, 11) is -2.89. The number of thiophene rings is 1. The largest absolute Gasteiger partial charge is 0.308 e. The minimum Gasteiger partial charge on any atom is -0.308 e. The molecule has 0 fully saturated rings. The summed E-state index contributed by atoms with van der Waals surface area (Å²) in [5.41, 5.74) is 8.69. The average molecular weight is 760 g/mol. The van der Waals surface area contributed by atoms with Crippen LogP contribution in [0.5, 0.6) is 0 Å². The SMILES string of the molecule is c1ccc(-c2nc(-c3ccccc3-n3c4ccccc4c4c5c(ccc43)sc3ccccc35)nc3c2[Si](c2ccccc2)(c2ccccc2)c2ccccc2-3)cc1. The van der Waals surface area contributed by atoms with E-state index >= 15 is 0 Å². The van der Waals surface area contributed by atoms with Gasteiger partial charge in [-0.05, 0) is 52.0 Å². The first kappa shape index (κ1) is 32.3. The van der Waals surface area contributed by atoms with Crippen LogP contribution in [-0.2, 0) is 0 Å². The van der Waals surface area contributed by atoms with E-state index in [0.29, 0.717) is 0 Å². The number of nitrogens with zero attached hydrogens (tertiary/aromatic N) is 3. The van der Waals surface area contributed by atoms with Crippen LogP contribution in [0.1, 0.15) is 0 Å². The van der Waals surface area contributed by atoms with E-state index in [9.17, 15) is 0 Å². The summed E-state index contributed by atoms with van der Waals surface area (Å²) in [5, 5.41) is 10.4. The summed E-state index contributed by atoms with van der Waals surface area (Å²) >= 11 is 1.87. The maximum atomic E-state index is 5.74. The van der Waals surface area contributed by atoms with Gasteiger partial charge in [0, 0.05) is 52.8 Å².